The number of hydrogen-bond donors (Lipinski definition) is 2. The van der Waals surface area contributed by atoms with Gasteiger partial charge in [-0.2, -0.15) is 0 Å². The number of benzene rings is 2. The van der Waals surface area contributed by atoms with Crippen LogP contribution in [0.25, 0.3) is 0 Å². The number of aliphatic imine (C=N–C) groups is 1. The Balaban J connectivity index is 1.24. The Morgan fingerprint density at radius 2 is 1.76 bits per heavy atom. The average molecular weight is 576 g/mol. The van der Waals surface area contributed by atoms with Crippen LogP contribution in [0.15, 0.2) is 41.4 Å². The first-order valence-corrected chi connectivity index (χ1v) is 15.2. The lowest BCUT2D eigenvalue weighted by Gasteiger charge is -2.52. The van der Waals surface area contributed by atoms with Crippen LogP contribution in [0.1, 0.15) is 79.7 Å². The molecule has 5 aliphatic rings. The summed E-state index contributed by atoms with van der Waals surface area (Å²) in [6.07, 6.45) is 5.15. The number of carbonyl (C=O) groups excluding carboxylic acids is 2. The molecule has 4 fully saturated rings. The number of guanidine groups is 1. The maximum Gasteiger partial charge on any atom is 0.261 e. The first-order chi connectivity index (χ1) is 20.0. The Hall–Kier alpha value is -3.46. The van der Waals surface area contributed by atoms with E-state index < -0.39 is 5.82 Å². The zero-order valence-corrected chi connectivity index (χ0v) is 25.2. The molecule has 2 amide bonds. The molecule has 3 saturated carbocycles. The molecule has 9 heteroatoms. The van der Waals surface area contributed by atoms with E-state index in [0.717, 1.165) is 42.9 Å². The molecular formula is C33H42FN5O3. The van der Waals surface area contributed by atoms with Crippen LogP contribution in [0.2, 0.25) is 0 Å². The Morgan fingerprint density at radius 3 is 2.45 bits per heavy atom. The van der Waals surface area contributed by atoms with Crippen molar-refractivity contribution in [3.63, 3.8) is 0 Å². The van der Waals surface area contributed by atoms with Gasteiger partial charge in [0.1, 0.15) is 11.6 Å². The van der Waals surface area contributed by atoms with E-state index in [2.05, 4.69) is 43.2 Å². The number of nitrogens with one attached hydrogen (secondary N) is 2. The molecule has 1 saturated heterocycles. The Bertz CT molecular complexity index is 1410. The molecule has 2 aromatic rings. The molecular weight excluding hydrogens is 533 g/mol. The molecule has 8 nitrogen and oxygen atoms in total. The minimum atomic E-state index is -0.418. The van der Waals surface area contributed by atoms with E-state index in [4.69, 9.17) is 9.73 Å². The van der Waals surface area contributed by atoms with Gasteiger partial charge in [0.15, 0.2) is 5.96 Å². The number of imide groups is 1. The molecule has 42 heavy (non-hydrogen) atoms. The van der Waals surface area contributed by atoms with Gasteiger partial charge in [-0.3, -0.25) is 14.5 Å². The number of piperazine rings is 1. The fraction of sp³-hybridized carbons (Fsp3) is 0.545. The number of anilines is 1. The molecule has 7 rings (SSSR count). The smallest absolute Gasteiger partial charge is 0.261 e. The quantitative estimate of drug-likeness (QED) is 0.284. The summed E-state index contributed by atoms with van der Waals surface area (Å²) < 4.78 is 19.6. The van der Waals surface area contributed by atoms with E-state index in [1.54, 1.807) is 24.3 Å². The van der Waals surface area contributed by atoms with Crippen molar-refractivity contribution in [2.24, 2.45) is 16.8 Å². The molecule has 2 atom stereocenters. The van der Waals surface area contributed by atoms with Gasteiger partial charge in [-0.25, -0.2) is 9.38 Å². The minimum Gasteiger partial charge on any atom is -0.497 e. The normalized spacial score (nSPS) is 28.4. The molecule has 2 aliphatic heterocycles. The maximum absolute atomic E-state index is 14.5. The second-order valence-corrected chi connectivity index (χ2v) is 13.2. The standard InChI is InChI=1S/C33H42FN5O3/c1-19-20(2)39(33(3,4)18-35-19)32(37-25-14-21-12-22(13-21)15-25)36-24-7-9-27-28(16-24)31(41)38(30(27)40)11-10-23-6-8-26(42-5)17-29(23)34/h6-9,16-17,19-22,25,35H,10-15,18H2,1-5H3,(H,36,37)/t19-,20-,21?,22?,25?/m0/s1. The molecule has 2 bridgehead atoms. The Kier molecular flexibility index (Phi) is 7.50. The first kappa shape index (κ1) is 28.6. The van der Waals surface area contributed by atoms with Crippen molar-refractivity contribution in [1.29, 1.82) is 0 Å². The van der Waals surface area contributed by atoms with Gasteiger partial charge in [-0.15, -0.1) is 0 Å². The van der Waals surface area contributed by atoms with Crippen LogP contribution in [0.4, 0.5) is 10.1 Å². The fourth-order valence-corrected chi connectivity index (χ4v) is 7.27. The van der Waals surface area contributed by atoms with Crippen LogP contribution in [0.5, 0.6) is 5.75 Å². The second-order valence-electron chi connectivity index (χ2n) is 13.2. The third kappa shape index (κ3) is 5.27. The zero-order chi connectivity index (χ0) is 29.8. The minimum absolute atomic E-state index is 0.0967. The van der Waals surface area contributed by atoms with Crippen LogP contribution < -0.4 is 15.4 Å². The lowest BCUT2D eigenvalue weighted by atomic mass is 9.64. The zero-order valence-electron chi connectivity index (χ0n) is 25.2. The van der Waals surface area contributed by atoms with Crippen molar-refractivity contribution in [2.45, 2.75) is 83.5 Å². The van der Waals surface area contributed by atoms with Crippen molar-refractivity contribution in [1.82, 2.24) is 15.1 Å². The van der Waals surface area contributed by atoms with E-state index in [9.17, 15) is 14.0 Å². The summed E-state index contributed by atoms with van der Waals surface area (Å²) in [5, 5.41) is 7.22. The molecule has 2 heterocycles. The van der Waals surface area contributed by atoms with E-state index in [0.29, 0.717) is 22.4 Å². The summed E-state index contributed by atoms with van der Waals surface area (Å²) in [6, 6.07) is 10.7. The predicted molar refractivity (Wildman–Crippen MR) is 162 cm³/mol. The number of nitrogens with zero attached hydrogens (tertiary/aromatic N) is 3. The SMILES string of the molecule is COc1ccc(CCN2C(=O)c3ccc(NC(=NC4CC5CC(C5)C4)N4[C@@H](C)[C@H](C)NCC4(C)C)cc3C2=O)c(F)c1. The summed E-state index contributed by atoms with van der Waals surface area (Å²) in [4.78, 5) is 35.6. The second kappa shape index (κ2) is 11.0. The van der Waals surface area contributed by atoms with E-state index in [1.165, 1.54) is 30.9 Å². The molecule has 224 valence electrons. The summed E-state index contributed by atoms with van der Waals surface area (Å²) in [7, 11) is 1.48. The van der Waals surface area contributed by atoms with Crippen LogP contribution in [0.3, 0.4) is 0 Å². The van der Waals surface area contributed by atoms with Gasteiger partial charge in [0.05, 0.1) is 29.8 Å². The summed E-state index contributed by atoms with van der Waals surface area (Å²) in [6.45, 7) is 9.81. The number of hydrogen-bond acceptors (Lipinski definition) is 5. The number of amides is 2. The number of rotatable bonds is 6. The topological polar surface area (TPSA) is 86.3 Å². The maximum atomic E-state index is 14.5. The van der Waals surface area contributed by atoms with Crippen molar-refractivity contribution < 1.29 is 18.7 Å². The number of ether oxygens (including phenoxy) is 1. The highest BCUT2D eigenvalue weighted by atomic mass is 19.1. The molecule has 0 unspecified atom stereocenters. The molecule has 2 N–H and O–H groups in total. The van der Waals surface area contributed by atoms with Gasteiger partial charge in [-0.1, -0.05) is 6.07 Å². The Morgan fingerprint density at radius 1 is 1.05 bits per heavy atom. The highest BCUT2D eigenvalue weighted by Gasteiger charge is 2.42. The molecule has 0 aromatic heterocycles. The summed E-state index contributed by atoms with van der Waals surface area (Å²) in [5.41, 5.74) is 1.71. The van der Waals surface area contributed by atoms with Crippen LogP contribution in [-0.2, 0) is 6.42 Å². The molecule has 0 spiro atoms. The highest BCUT2D eigenvalue weighted by Crippen LogP contribution is 2.46. The first-order valence-electron chi connectivity index (χ1n) is 15.2. The lowest BCUT2D eigenvalue weighted by molar-refractivity contribution is 0.0655. The highest BCUT2D eigenvalue weighted by molar-refractivity contribution is 6.22. The number of fused-ring (bicyclic) bond motifs is 3. The van der Waals surface area contributed by atoms with E-state index >= 15 is 0 Å². The number of methoxy groups -OCH3 is 1. The fourth-order valence-electron chi connectivity index (χ4n) is 7.27. The molecule has 3 aliphatic carbocycles. The van der Waals surface area contributed by atoms with Gasteiger partial charge in [0.2, 0.25) is 0 Å². The van der Waals surface area contributed by atoms with Crippen molar-refractivity contribution in [3.8, 4) is 5.75 Å². The van der Waals surface area contributed by atoms with E-state index in [-0.39, 0.29) is 48.4 Å². The van der Waals surface area contributed by atoms with Crippen molar-refractivity contribution >= 4 is 23.5 Å². The van der Waals surface area contributed by atoms with Crippen LogP contribution in [0, 0.1) is 17.7 Å². The molecule has 0 radical (unpaired) electrons. The largest absolute Gasteiger partial charge is 0.497 e. The van der Waals surface area contributed by atoms with Crippen LogP contribution >= 0.6 is 0 Å². The predicted octanol–water partition coefficient (Wildman–Crippen LogP) is 5.09. The van der Waals surface area contributed by atoms with Crippen molar-refractivity contribution in [3.05, 3.63) is 58.9 Å². The molecule has 2 aromatic carbocycles. The van der Waals surface area contributed by atoms with Crippen LogP contribution in [-0.4, -0.2) is 71.4 Å². The summed E-state index contributed by atoms with van der Waals surface area (Å²) >= 11 is 0. The van der Waals surface area contributed by atoms with Gasteiger partial charge in [0, 0.05) is 36.9 Å². The third-order valence-electron chi connectivity index (χ3n) is 9.81. The Labute approximate surface area is 247 Å². The van der Waals surface area contributed by atoms with Gasteiger partial charge in [-0.05, 0) is 101 Å². The van der Waals surface area contributed by atoms with Gasteiger partial charge >= 0.3 is 0 Å². The van der Waals surface area contributed by atoms with E-state index in [1.807, 2.05) is 6.07 Å². The summed E-state index contributed by atoms with van der Waals surface area (Å²) in [5.74, 6) is 1.70. The average Bonchev–Trinajstić information content (AvgIpc) is 3.18. The van der Waals surface area contributed by atoms with Gasteiger partial charge < -0.3 is 20.3 Å². The van der Waals surface area contributed by atoms with Crippen molar-refractivity contribution in [2.75, 3.05) is 25.5 Å². The monoisotopic (exact) mass is 575 g/mol. The number of halogens is 1. The third-order valence-corrected chi connectivity index (χ3v) is 9.81. The lowest BCUT2D eigenvalue weighted by Crippen LogP contribution is -2.68. The number of carbonyl (C=O) groups is 2. The van der Waals surface area contributed by atoms with Gasteiger partial charge in [0.25, 0.3) is 11.8 Å².